The maximum atomic E-state index is 12.5. The molecule has 0 fully saturated rings. The van der Waals surface area contributed by atoms with E-state index >= 15 is 0 Å². The lowest BCUT2D eigenvalue weighted by Gasteiger charge is -2.29. The van der Waals surface area contributed by atoms with Gasteiger partial charge in [0.15, 0.2) is 5.76 Å². The van der Waals surface area contributed by atoms with Crippen molar-refractivity contribution in [1.82, 2.24) is 0 Å². The number of benzene rings is 1. The first-order valence-corrected chi connectivity index (χ1v) is 6.91. The molecule has 0 bridgehead atoms. The predicted molar refractivity (Wildman–Crippen MR) is 79.5 cm³/mol. The van der Waals surface area contributed by atoms with Gasteiger partial charge in [-0.15, -0.1) is 0 Å². The van der Waals surface area contributed by atoms with Crippen molar-refractivity contribution in [3.8, 4) is 0 Å². The number of amides is 2. The van der Waals surface area contributed by atoms with Crippen LogP contribution in [0.5, 0.6) is 0 Å². The van der Waals surface area contributed by atoms with Gasteiger partial charge in [0, 0.05) is 24.8 Å². The van der Waals surface area contributed by atoms with Gasteiger partial charge in [0.1, 0.15) is 0 Å². The van der Waals surface area contributed by atoms with Crippen molar-refractivity contribution in [1.29, 1.82) is 0 Å². The van der Waals surface area contributed by atoms with Crippen LogP contribution in [0.4, 0.5) is 11.4 Å². The number of carbonyl (C=O) groups excluding carboxylic acids is 2. The Morgan fingerprint density at radius 3 is 2.86 bits per heavy atom. The molecule has 0 spiro atoms. The van der Waals surface area contributed by atoms with E-state index in [0.29, 0.717) is 18.0 Å². The lowest BCUT2D eigenvalue weighted by molar-refractivity contribution is -0.114. The Morgan fingerprint density at radius 1 is 1.29 bits per heavy atom. The fourth-order valence-corrected chi connectivity index (χ4v) is 2.60. The standard InChI is InChI=1S/C16H16N2O3/c1-11(19)17-13-7-6-12-4-2-8-18(14(12)10-13)16(20)15-5-3-9-21-15/h3,5-7,9-10H,2,4,8H2,1H3,(H,17,19). The Bertz CT molecular complexity index is 677. The van der Waals surface area contributed by atoms with E-state index in [2.05, 4.69) is 5.32 Å². The third-order valence-corrected chi connectivity index (χ3v) is 3.50. The Balaban J connectivity index is 1.96. The van der Waals surface area contributed by atoms with Gasteiger partial charge < -0.3 is 14.6 Å². The van der Waals surface area contributed by atoms with Gasteiger partial charge in [-0.25, -0.2) is 0 Å². The molecule has 0 aliphatic carbocycles. The second-order valence-electron chi connectivity index (χ2n) is 5.06. The smallest absolute Gasteiger partial charge is 0.293 e. The summed E-state index contributed by atoms with van der Waals surface area (Å²) >= 11 is 0. The minimum atomic E-state index is -0.152. The number of fused-ring (bicyclic) bond motifs is 1. The molecule has 0 saturated heterocycles. The number of nitrogens with one attached hydrogen (secondary N) is 1. The van der Waals surface area contributed by atoms with Gasteiger partial charge in [0.25, 0.3) is 5.91 Å². The van der Waals surface area contributed by atoms with Gasteiger partial charge in [0.05, 0.1) is 6.26 Å². The van der Waals surface area contributed by atoms with Crippen LogP contribution in [0, 0.1) is 0 Å². The first-order chi connectivity index (χ1) is 10.1. The highest BCUT2D eigenvalue weighted by atomic mass is 16.3. The molecular weight excluding hydrogens is 268 g/mol. The summed E-state index contributed by atoms with van der Waals surface area (Å²) in [5.74, 6) is 0.0448. The second-order valence-corrected chi connectivity index (χ2v) is 5.06. The third kappa shape index (κ3) is 2.67. The van der Waals surface area contributed by atoms with E-state index in [1.165, 1.54) is 13.2 Å². The summed E-state index contributed by atoms with van der Waals surface area (Å²) in [7, 11) is 0. The first-order valence-electron chi connectivity index (χ1n) is 6.91. The molecule has 2 heterocycles. The van der Waals surface area contributed by atoms with Crippen LogP contribution in [0.15, 0.2) is 41.0 Å². The molecule has 3 rings (SSSR count). The van der Waals surface area contributed by atoms with Gasteiger partial charge in [-0.1, -0.05) is 6.07 Å². The average Bonchev–Trinajstić information content (AvgIpc) is 2.99. The number of carbonyl (C=O) groups is 2. The van der Waals surface area contributed by atoms with E-state index in [4.69, 9.17) is 4.42 Å². The molecule has 1 aromatic carbocycles. The number of rotatable bonds is 2. The van der Waals surface area contributed by atoms with Crippen molar-refractivity contribution in [2.24, 2.45) is 0 Å². The lowest BCUT2D eigenvalue weighted by Crippen LogP contribution is -2.35. The molecule has 2 aromatic rings. The topological polar surface area (TPSA) is 62.6 Å². The number of anilines is 2. The molecule has 1 aliphatic heterocycles. The zero-order valence-electron chi connectivity index (χ0n) is 11.8. The summed E-state index contributed by atoms with van der Waals surface area (Å²) in [6.07, 6.45) is 3.34. The Morgan fingerprint density at radius 2 is 2.14 bits per heavy atom. The molecule has 2 amide bonds. The summed E-state index contributed by atoms with van der Waals surface area (Å²) < 4.78 is 5.20. The highest BCUT2D eigenvalue weighted by Gasteiger charge is 2.25. The monoisotopic (exact) mass is 284 g/mol. The van der Waals surface area contributed by atoms with Gasteiger partial charge in [0.2, 0.25) is 5.91 Å². The summed E-state index contributed by atoms with van der Waals surface area (Å²) in [6, 6.07) is 9.03. The van der Waals surface area contributed by atoms with E-state index in [9.17, 15) is 9.59 Å². The quantitative estimate of drug-likeness (QED) is 0.922. The van der Waals surface area contributed by atoms with Crippen LogP contribution in [-0.2, 0) is 11.2 Å². The Kier molecular flexibility index (Phi) is 3.48. The Hall–Kier alpha value is -2.56. The fourth-order valence-electron chi connectivity index (χ4n) is 2.60. The molecule has 0 unspecified atom stereocenters. The minimum absolute atomic E-state index is 0.130. The molecule has 5 nitrogen and oxygen atoms in total. The molecule has 1 aliphatic rings. The predicted octanol–water partition coefficient (Wildman–Crippen LogP) is 2.83. The highest BCUT2D eigenvalue weighted by molar-refractivity contribution is 6.05. The maximum Gasteiger partial charge on any atom is 0.293 e. The van der Waals surface area contributed by atoms with Crippen LogP contribution < -0.4 is 10.2 Å². The van der Waals surface area contributed by atoms with Gasteiger partial charge >= 0.3 is 0 Å². The first kappa shape index (κ1) is 13.4. The number of furan rings is 1. The van der Waals surface area contributed by atoms with Crippen LogP contribution in [0.2, 0.25) is 0 Å². The summed E-state index contributed by atoms with van der Waals surface area (Å²) in [4.78, 5) is 25.4. The number of hydrogen-bond acceptors (Lipinski definition) is 3. The van der Waals surface area contributed by atoms with Crippen LogP contribution >= 0.6 is 0 Å². The molecule has 5 heteroatoms. The van der Waals surface area contributed by atoms with E-state index in [-0.39, 0.29) is 11.8 Å². The number of hydrogen-bond donors (Lipinski definition) is 1. The minimum Gasteiger partial charge on any atom is -0.459 e. The van der Waals surface area contributed by atoms with Crippen LogP contribution in [-0.4, -0.2) is 18.4 Å². The van der Waals surface area contributed by atoms with Crippen molar-refractivity contribution >= 4 is 23.2 Å². The lowest BCUT2D eigenvalue weighted by atomic mass is 10.0. The SMILES string of the molecule is CC(=O)Nc1ccc2c(c1)N(C(=O)c1ccco1)CCC2. The summed E-state index contributed by atoms with van der Waals surface area (Å²) in [5.41, 5.74) is 2.64. The Labute approximate surface area is 122 Å². The number of nitrogens with zero attached hydrogens (tertiary/aromatic N) is 1. The molecule has 1 N–H and O–H groups in total. The highest BCUT2D eigenvalue weighted by Crippen LogP contribution is 2.31. The molecule has 108 valence electrons. The third-order valence-electron chi connectivity index (χ3n) is 3.50. The van der Waals surface area contributed by atoms with Crippen molar-refractivity contribution in [2.45, 2.75) is 19.8 Å². The van der Waals surface area contributed by atoms with E-state index in [1.54, 1.807) is 17.0 Å². The zero-order chi connectivity index (χ0) is 14.8. The van der Waals surface area contributed by atoms with Crippen molar-refractivity contribution in [3.05, 3.63) is 47.9 Å². The largest absolute Gasteiger partial charge is 0.459 e. The zero-order valence-corrected chi connectivity index (χ0v) is 11.8. The molecular formula is C16H16N2O3. The van der Waals surface area contributed by atoms with Gasteiger partial charge in [-0.2, -0.15) is 0 Å². The maximum absolute atomic E-state index is 12.5. The van der Waals surface area contributed by atoms with Crippen LogP contribution in [0.25, 0.3) is 0 Å². The van der Waals surface area contributed by atoms with Crippen LogP contribution in [0.3, 0.4) is 0 Å². The molecule has 1 aromatic heterocycles. The summed E-state index contributed by atoms with van der Waals surface area (Å²) in [5, 5.41) is 2.75. The van der Waals surface area contributed by atoms with Gasteiger partial charge in [-0.3, -0.25) is 9.59 Å². The van der Waals surface area contributed by atoms with E-state index < -0.39 is 0 Å². The van der Waals surface area contributed by atoms with Crippen molar-refractivity contribution < 1.29 is 14.0 Å². The average molecular weight is 284 g/mol. The second kappa shape index (κ2) is 5.44. The normalized spacial score (nSPS) is 13.7. The van der Waals surface area contributed by atoms with Crippen molar-refractivity contribution in [2.75, 3.05) is 16.8 Å². The van der Waals surface area contributed by atoms with Crippen molar-refractivity contribution in [3.63, 3.8) is 0 Å². The fraction of sp³-hybridized carbons (Fsp3) is 0.250. The van der Waals surface area contributed by atoms with Gasteiger partial charge in [-0.05, 0) is 42.7 Å². The molecule has 0 radical (unpaired) electrons. The summed E-state index contributed by atoms with van der Waals surface area (Å²) in [6.45, 7) is 2.11. The van der Waals surface area contributed by atoms with Crippen LogP contribution in [0.1, 0.15) is 29.5 Å². The van der Waals surface area contributed by atoms with E-state index in [1.807, 2.05) is 18.2 Å². The van der Waals surface area contributed by atoms with E-state index in [0.717, 1.165) is 24.1 Å². The number of aryl methyl sites for hydroxylation is 1. The molecule has 21 heavy (non-hydrogen) atoms. The molecule has 0 saturated carbocycles. The molecule has 0 atom stereocenters.